The topological polar surface area (TPSA) is 92.2 Å². The van der Waals surface area contributed by atoms with E-state index in [1.165, 1.54) is 14.2 Å². The number of rotatable bonds is 12. The van der Waals surface area contributed by atoms with E-state index >= 15 is 0 Å². The largest absolute Gasteiger partial charge is 0.493 e. The fourth-order valence-corrected chi connectivity index (χ4v) is 4.57. The molecule has 0 atom stereocenters. The van der Waals surface area contributed by atoms with E-state index in [9.17, 15) is 4.79 Å². The zero-order valence-corrected chi connectivity index (χ0v) is 22.6. The van der Waals surface area contributed by atoms with Crippen LogP contribution in [0.15, 0.2) is 36.4 Å². The second kappa shape index (κ2) is 13.4. The SMILES string of the molecule is COc1nc(OCc2cccc(-c3cccc(OCCCN4CCOCC4)c3C)c2Cl)nc(OC)c1C=O. The smallest absolute Gasteiger partial charge is 0.323 e. The number of morpholine rings is 1. The van der Waals surface area contributed by atoms with E-state index in [-0.39, 0.29) is 29.9 Å². The number of aromatic nitrogens is 2. The van der Waals surface area contributed by atoms with Gasteiger partial charge in [-0.3, -0.25) is 9.69 Å². The molecule has 2 aromatic carbocycles. The lowest BCUT2D eigenvalue weighted by molar-refractivity contribution is 0.0358. The van der Waals surface area contributed by atoms with E-state index in [1.54, 1.807) is 0 Å². The maximum atomic E-state index is 11.4. The Morgan fingerprint density at radius 2 is 1.68 bits per heavy atom. The Morgan fingerprint density at radius 3 is 2.37 bits per heavy atom. The van der Waals surface area contributed by atoms with Crippen LogP contribution in [0.4, 0.5) is 0 Å². The number of carbonyl (C=O) groups is 1. The summed E-state index contributed by atoms with van der Waals surface area (Å²) in [6.45, 7) is 7.33. The van der Waals surface area contributed by atoms with Crippen molar-refractivity contribution in [2.75, 3.05) is 53.7 Å². The minimum absolute atomic E-state index is 0.00873. The molecule has 1 aliphatic heterocycles. The number of benzene rings is 2. The summed E-state index contributed by atoms with van der Waals surface area (Å²) in [7, 11) is 2.81. The number of methoxy groups -OCH3 is 2. The van der Waals surface area contributed by atoms with Gasteiger partial charge in [0.15, 0.2) is 6.29 Å². The summed E-state index contributed by atoms with van der Waals surface area (Å²) < 4.78 is 27.7. The van der Waals surface area contributed by atoms with E-state index in [4.69, 9.17) is 35.3 Å². The van der Waals surface area contributed by atoms with Crippen LogP contribution in [0.1, 0.15) is 27.9 Å². The maximum Gasteiger partial charge on any atom is 0.323 e. The number of ether oxygens (including phenoxy) is 5. The summed E-state index contributed by atoms with van der Waals surface area (Å²) in [5.74, 6) is 0.975. The van der Waals surface area contributed by atoms with Crippen LogP contribution in [0.2, 0.25) is 5.02 Å². The summed E-state index contributed by atoms with van der Waals surface area (Å²) in [6, 6.07) is 11.8. The fraction of sp³-hybridized carbons (Fsp3) is 0.393. The van der Waals surface area contributed by atoms with Gasteiger partial charge in [0.05, 0.1) is 39.1 Å². The third-order valence-electron chi connectivity index (χ3n) is 6.35. The van der Waals surface area contributed by atoms with Crippen LogP contribution in [0.25, 0.3) is 11.1 Å². The third kappa shape index (κ3) is 6.53. The van der Waals surface area contributed by atoms with E-state index in [0.29, 0.717) is 17.9 Å². The van der Waals surface area contributed by atoms with Crippen molar-refractivity contribution in [2.45, 2.75) is 20.0 Å². The first kappa shape index (κ1) is 27.6. The molecule has 202 valence electrons. The monoisotopic (exact) mass is 541 g/mol. The molecule has 2 heterocycles. The molecule has 38 heavy (non-hydrogen) atoms. The number of aldehydes is 1. The molecule has 0 spiro atoms. The number of carbonyl (C=O) groups excluding carboxylic acids is 1. The first-order chi connectivity index (χ1) is 18.5. The van der Waals surface area contributed by atoms with E-state index in [0.717, 1.165) is 67.3 Å². The highest BCUT2D eigenvalue weighted by atomic mass is 35.5. The van der Waals surface area contributed by atoms with E-state index in [2.05, 4.69) is 14.9 Å². The van der Waals surface area contributed by atoms with Gasteiger partial charge in [-0.1, -0.05) is 41.9 Å². The zero-order chi connectivity index (χ0) is 26.9. The van der Waals surface area contributed by atoms with Gasteiger partial charge >= 0.3 is 6.01 Å². The molecule has 0 saturated carbocycles. The number of hydrogen-bond acceptors (Lipinski definition) is 9. The predicted octanol–water partition coefficient (Wildman–Crippen LogP) is 4.62. The van der Waals surface area contributed by atoms with Crippen molar-refractivity contribution in [2.24, 2.45) is 0 Å². The highest BCUT2D eigenvalue weighted by Gasteiger charge is 2.18. The maximum absolute atomic E-state index is 11.4. The van der Waals surface area contributed by atoms with Crippen LogP contribution in [0.3, 0.4) is 0 Å². The Balaban J connectivity index is 1.46. The van der Waals surface area contributed by atoms with E-state index < -0.39 is 0 Å². The highest BCUT2D eigenvalue weighted by molar-refractivity contribution is 6.34. The molecule has 3 aromatic rings. The Kier molecular flexibility index (Phi) is 9.75. The van der Waals surface area contributed by atoms with Crippen molar-refractivity contribution < 1.29 is 28.5 Å². The average Bonchev–Trinajstić information content (AvgIpc) is 2.95. The van der Waals surface area contributed by atoms with Crippen LogP contribution >= 0.6 is 11.6 Å². The minimum Gasteiger partial charge on any atom is -0.493 e. The highest BCUT2D eigenvalue weighted by Crippen LogP contribution is 2.36. The second-order valence-corrected chi connectivity index (χ2v) is 9.09. The molecule has 1 aliphatic rings. The number of hydrogen-bond donors (Lipinski definition) is 0. The van der Waals surface area contributed by atoms with Gasteiger partial charge in [0, 0.05) is 30.8 Å². The molecule has 0 aliphatic carbocycles. The Labute approximate surface area is 227 Å². The lowest BCUT2D eigenvalue weighted by Crippen LogP contribution is -2.37. The summed E-state index contributed by atoms with van der Waals surface area (Å²) >= 11 is 6.84. The van der Waals surface area contributed by atoms with Gasteiger partial charge in [-0.25, -0.2) is 0 Å². The fourth-order valence-electron chi connectivity index (χ4n) is 4.29. The van der Waals surface area contributed by atoms with E-state index in [1.807, 2.05) is 43.3 Å². The number of nitrogens with zero attached hydrogens (tertiary/aromatic N) is 3. The molecular formula is C28H32ClN3O6. The van der Waals surface area contributed by atoms with Gasteiger partial charge in [-0.2, -0.15) is 9.97 Å². The van der Waals surface area contributed by atoms with Gasteiger partial charge in [-0.05, 0) is 30.5 Å². The van der Waals surface area contributed by atoms with Gasteiger partial charge in [0.2, 0.25) is 11.8 Å². The van der Waals surface area contributed by atoms with Crippen LogP contribution in [-0.4, -0.2) is 74.8 Å². The molecule has 0 amide bonds. The Hall–Kier alpha value is -3.40. The first-order valence-electron chi connectivity index (χ1n) is 12.4. The third-order valence-corrected chi connectivity index (χ3v) is 6.80. The lowest BCUT2D eigenvalue weighted by atomic mass is 9.98. The quantitative estimate of drug-likeness (QED) is 0.240. The molecule has 1 fully saturated rings. The Morgan fingerprint density at radius 1 is 1.00 bits per heavy atom. The van der Waals surface area contributed by atoms with Gasteiger partial charge in [0.25, 0.3) is 0 Å². The van der Waals surface area contributed by atoms with Crippen molar-refractivity contribution >= 4 is 17.9 Å². The van der Waals surface area contributed by atoms with Crippen molar-refractivity contribution in [3.8, 4) is 34.6 Å². The van der Waals surface area contributed by atoms with Crippen LogP contribution in [0.5, 0.6) is 23.5 Å². The van der Waals surface area contributed by atoms with Crippen LogP contribution in [-0.2, 0) is 11.3 Å². The molecule has 4 rings (SSSR count). The molecule has 0 N–H and O–H groups in total. The molecular weight excluding hydrogens is 510 g/mol. The molecule has 9 nitrogen and oxygen atoms in total. The van der Waals surface area contributed by atoms with Gasteiger partial charge in [0.1, 0.15) is 17.9 Å². The van der Waals surface area contributed by atoms with Crippen molar-refractivity contribution in [3.63, 3.8) is 0 Å². The van der Waals surface area contributed by atoms with Crippen molar-refractivity contribution in [1.29, 1.82) is 0 Å². The normalized spacial score (nSPS) is 13.7. The minimum atomic E-state index is 0.00873. The summed E-state index contributed by atoms with van der Waals surface area (Å²) in [4.78, 5) is 22.1. The number of halogens is 1. The standard InChI is InChI=1S/C28H32ClN3O6/c1-19-21(8-5-10-24(19)37-14-6-11-32-12-15-36-16-13-32)22-9-4-7-20(25(22)29)18-38-28-30-26(34-2)23(17-33)27(31-28)35-3/h4-5,7-10,17H,6,11-16,18H2,1-3H3. The molecule has 0 bridgehead atoms. The van der Waals surface area contributed by atoms with Crippen LogP contribution in [0, 0.1) is 6.92 Å². The second-order valence-electron chi connectivity index (χ2n) is 8.71. The first-order valence-corrected chi connectivity index (χ1v) is 12.8. The molecule has 0 radical (unpaired) electrons. The average molecular weight is 542 g/mol. The summed E-state index contributed by atoms with van der Waals surface area (Å²) in [5.41, 5.74) is 3.73. The van der Waals surface area contributed by atoms with Crippen LogP contribution < -0.4 is 18.9 Å². The van der Waals surface area contributed by atoms with Gasteiger partial charge in [-0.15, -0.1) is 0 Å². The Bertz CT molecular complexity index is 1220. The van der Waals surface area contributed by atoms with Crippen molar-refractivity contribution in [1.82, 2.24) is 14.9 Å². The summed E-state index contributed by atoms with van der Waals surface area (Å²) in [6.07, 6.45) is 1.52. The molecule has 0 unspecified atom stereocenters. The lowest BCUT2D eigenvalue weighted by Gasteiger charge is -2.26. The predicted molar refractivity (Wildman–Crippen MR) is 144 cm³/mol. The van der Waals surface area contributed by atoms with Gasteiger partial charge < -0.3 is 23.7 Å². The molecule has 1 aromatic heterocycles. The van der Waals surface area contributed by atoms with Crippen molar-refractivity contribution in [3.05, 3.63) is 58.1 Å². The molecule has 10 heteroatoms. The summed E-state index contributed by atoms with van der Waals surface area (Å²) in [5, 5.41) is 0.559. The zero-order valence-electron chi connectivity index (χ0n) is 21.9. The molecule has 1 saturated heterocycles.